The van der Waals surface area contributed by atoms with Crippen LogP contribution in [0.1, 0.15) is 48.8 Å². The largest absolute Gasteiger partial charge is 0.478 e. The maximum atomic E-state index is 13.0. The number of aliphatic imine (C=N–C) groups is 1. The van der Waals surface area contributed by atoms with E-state index >= 15 is 0 Å². The molecular formula is C28H27N3O5S. The van der Waals surface area contributed by atoms with Crippen LogP contribution in [0.3, 0.4) is 0 Å². The van der Waals surface area contributed by atoms with Gasteiger partial charge in [0.2, 0.25) is 0 Å². The fourth-order valence-corrected chi connectivity index (χ4v) is 5.30. The van der Waals surface area contributed by atoms with Gasteiger partial charge in [-0.05, 0) is 98.6 Å². The molecule has 0 atom stereocenters. The quantitative estimate of drug-likeness (QED) is 0.358. The van der Waals surface area contributed by atoms with Crippen molar-refractivity contribution in [2.45, 2.75) is 27.7 Å². The number of esters is 1. The van der Waals surface area contributed by atoms with E-state index in [1.165, 1.54) is 29.8 Å². The van der Waals surface area contributed by atoms with Gasteiger partial charge >= 0.3 is 11.9 Å². The second-order valence-electron chi connectivity index (χ2n) is 8.78. The van der Waals surface area contributed by atoms with Crippen LogP contribution in [0.15, 0.2) is 52.4 Å². The number of amidine groups is 1. The van der Waals surface area contributed by atoms with Crippen LogP contribution >= 0.6 is 11.8 Å². The first-order valence-corrected chi connectivity index (χ1v) is 12.3. The maximum Gasteiger partial charge on any atom is 0.337 e. The lowest BCUT2D eigenvalue weighted by Gasteiger charge is -2.14. The number of amides is 1. The van der Waals surface area contributed by atoms with Gasteiger partial charge in [0.15, 0.2) is 5.17 Å². The smallest absolute Gasteiger partial charge is 0.337 e. The molecule has 2 aromatic carbocycles. The minimum Gasteiger partial charge on any atom is -0.478 e. The van der Waals surface area contributed by atoms with E-state index in [0.717, 1.165) is 28.2 Å². The lowest BCUT2D eigenvalue weighted by Crippen LogP contribution is -2.23. The summed E-state index contributed by atoms with van der Waals surface area (Å²) >= 11 is 1.25. The summed E-state index contributed by atoms with van der Waals surface area (Å²) in [7, 11) is 3.01. The van der Waals surface area contributed by atoms with Crippen LogP contribution in [0.25, 0.3) is 11.8 Å². The van der Waals surface area contributed by atoms with Crippen LogP contribution in [0.5, 0.6) is 0 Å². The number of hydrogen-bond acceptors (Lipinski definition) is 6. The molecule has 0 bridgehead atoms. The van der Waals surface area contributed by atoms with Crippen LogP contribution in [0.2, 0.25) is 0 Å². The van der Waals surface area contributed by atoms with Gasteiger partial charge in [0.25, 0.3) is 5.91 Å². The molecule has 2 heterocycles. The summed E-state index contributed by atoms with van der Waals surface area (Å²) in [5.41, 5.74) is 6.39. The lowest BCUT2D eigenvalue weighted by atomic mass is 10.1. The van der Waals surface area contributed by atoms with E-state index < -0.39 is 5.97 Å². The molecule has 8 nitrogen and oxygen atoms in total. The fraction of sp³-hybridized carbons (Fsp3) is 0.214. The first-order chi connectivity index (χ1) is 17.5. The number of carbonyl (C=O) groups is 3. The average Bonchev–Trinajstić information content (AvgIpc) is 3.28. The maximum absolute atomic E-state index is 13.0. The molecule has 3 aromatic rings. The van der Waals surface area contributed by atoms with Crippen molar-refractivity contribution in [3.05, 3.63) is 86.6 Å². The number of carboxylic acid groups (broad SMARTS) is 1. The average molecular weight is 518 g/mol. The SMILES string of the molecule is COC(=O)c1ccc(-n2c(C)cc(/C=C3\SC(=Nc4cccc(C(=O)O)c4C)N(C)C3=O)c2C)c(C)c1. The third kappa shape index (κ3) is 4.82. The minimum atomic E-state index is -1.02. The van der Waals surface area contributed by atoms with Gasteiger partial charge in [-0.25, -0.2) is 14.6 Å². The zero-order valence-corrected chi connectivity index (χ0v) is 22.3. The Bertz CT molecular complexity index is 1520. The van der Waals surface area contributed by atoms with Gasteiger partial charge in [0, 0.05) is 24.1 Å². The highest BCUT2D eigenvalue weighted by Gasteiger charge is 2.31. The van der Waals surface area contributed by atoms with Gasteiger partial charge < -0.3 is 14.4 Å². The Hall–Kier alpha value is -4.11. The number of thioether (sulfide) groups is 1. The fourth-order valence-electron chi connectivity index (χ4n) is 4.33. The summed E-state index contributed by atoms with van der Waals surface area (Å²) < 4.78 is 6.91. The molecule has 1 fully saturated rings. The van der Waals surface area contributed by atoms with Gasteiger partial charge in [0.1, 0.15) is 0 Å². The van der Waals surface area contributed by atoms with Crippen molar-refractivity contribution in [3.63, 3.8) is 0 Å². The normalized spacial score (nSPS) is 15.6. The van der Waals surface area contributed by atoms with E-state index in [1.807, 2.05) is 39.0 Å². The van der Waals surface area contributed by atoms with Crippen LogP contribution in [-0.2, 0) is 9.53 Å². The van der Waals surface area contributed by atoms with Crippen molar-refractivity contribution in [1.82, 2.24) is 9.47 Å². The number of carbonyl (C=O) groups excluding carboxylic acids is 2. The standard InChI is InChI=1S/C28H27N3O5S/c1-15-12-19(27(35)36-6)10-11-23(15)31-16(2)13-20(18(31)4)14-24-25(32)30(5)28(37-24)29-22-9-7-8-21(17(22)3)26(33)34/h7-14H,1-6H3,(H,33,34)/b24-14-,29-28?. The summed E-state index contributed by atoms with van der Waals surface area (Å²) in [6.07, 6.45) is 1.85. The molecule has 0 unspecified atom stereocenters. The number of methoxy groups -OCH3 is 1. The topological polar surface area (TPSA) is 101 Å². The molecule has 37 heavy (non-hydrogen) atoms. The van der Waals surface area contributed by atoms with Gasteiger partial charge in [-0.2, -0.15) is 0 Å². The molecule has 1 aliphatic heterocycles. The van der Waals surface area contributed by atoms with Gasteiger partial charge in [-0.1, -0.05) is 6.07 Å². The van der Waals surface area contributed by atoms with Crippen LogP contribution in [-0.4, -0.2) is 51.7 Å². The molecule has 9 heteroatoms. The van der Waals surface area contributed by atoms with Gasteiger partial charge in [0.05, 0.1) is 28.8 Å². The Morgan fingerprint density at radius 1 is 1.08 bits per heavy atom. The number of hydrogen-bond donors (Lipinski definition) is 1. The summed E-state index contributed by atoms with van der Waals surface area (Å²) in [5, 5.41) is 9.88. The molecule has 190 valence electrons. The molecule has 0 spiro atoms. The highest BCUT2D eigenvalue weighted by Crippen LogP contribution is 2.35. The van der Waals surface area contributed by atoms with Gasteiger partial charge in [-0.15, -0.1) is 0 Å². The number of benzene rings is 2. The van der Waals surface area contributed by atoms with Crippen molar-refractivity contribution in [1.29, 1.82) is 0 Å². The van der Waals surface area contributed by atoms with Crippen molar-refractivity contribution >= 4 is 46.5 Å². The third-order valence-corrected chi connectivity index (χ3v) is 7.43. The van der Waals surface area contributed by atoms with Crippen molar-refractivity contribution in [2.24, 2.45) is 4.99 Å². The molecule has 1 aromatic heterocycles. The summed E-state index contributed by atoms with van der Waals surface area (Å²) in [4.78, 5) is 43.0. The number of carboxylic acids is 1. The molecule has 1 N–H and O–H groups in total. The zero-order valence-electron chi connectivity index (χ0n) is 21.4. The number of aromatic nitrogens is 1. The Kier molecular flexibility index (Phi) is 7.09. The number of aromatic carboxylic acids is 1. The number of ether oxygens (including phenoxy) is 1. The number of nitrogens with zero attached hydrogens (tertiary/aromatic N) is 3. The Labute approximate surface area is 219 Å². The second kappa shape index (κ2) is 10.1. The molecule has 1 aliphatic rings. The highest BCUT2D eigenvalue weighted by atomic mass is 32.2. The number of likely N-dealkylation sites (N-methyl/N-ethyl adjacent to an activating group) is 1. The lowest BCUT2D eigenvalue weighted by molar-refractivity contribution is -0.121. The van der Waals surface area contributed by atoms with E-state index in [-0.39, 0.29) is 17.4 Å². The molecule has 1 amide bonds. The van der Waals surface area contributed by atoms with E-state index in [9.17, 15) is 19.5 Å². The zero-order chi connectivity index (χ0) is 27.0. The molecule has 4 rings (SSSR count). The van der Waals surface area contributed by atoms with Crippen LogP contribution in [0.4, 0.5) is 5.69 Å². The molecule has 0 radical (unpaired) electrons. The summed E-state index contributed by atoms with van der Waals surface area (Å²) in [5.74, 6) is -1.59. The monoisotopic (exact) mass is 517 g/mol. The third-order valence-electron chi connectivity index (χ3n) is 6.37. The van der Waals surface area contributed by atoms with Crippen molar-refractivity contribution in [3.8, 4) is 5.69 Å². The number of rotatable bonds is 5. The predicted octanol–water partition coefficient (Wildman–Crippen LogP) is 5.43. The van der Waals surface area contributed by atoms with E-state index in [1.54, 1.807) is 38.2 Å². The Morgan fingerprint density at radius 2 is 1.81 bits per heavy atom. The Balaban J connectivity index is 1.69. The summed E-state index contributed by atoms with van der Waals surface area (Å²) in [6, 6.07) is 12.3. The predicted molar refractivity (Wildman–Crippen MR) is 145 cm³/mol. The van der Waals surface area contributed by atoms with E-state index in [4.69, 9.17) is 4.74 Å². The highest BCUT2D eigenvalue weighted by molar-refractivity contribution is 8.18. The van der Waals surface area contributed by atoms with Crippen molar-refractivity contribution in [2.75, 3.05) is 14.2 Å². The van der Waals surface area contributed by atoms with Crippen molar-refractivity contribution < 1.29 is 24.2 Å². The molecule has 0 saturated carbocycles. The molecular weight excluding hydrogens is 490 g/mol. The Morgan fingerprint density at radius 3 is 2.46 bits per heavy atom. The first-order valence-electron chi connectivity index (χ1n) is 11.5. The van der Waals surface area contributed by atoms with Crippen LogP contribution in [0, 0.1) is 27.7 Å². The first kappa shape index (κ1) is 26.0. The number of aryl methyl sites for hydroxylation is 2. The van der Waals surface area contributed by atoms with Gasteiger partial charge in [-0.3, -0.25) is 9.69 Å². The minimum absolute atomic E-state index is 0.178. The van der Waals surface area contributed by atoms with E-state index in [2.05, 4.69) is 9.56 Å². The van der Waals surface area contributed by atoms with Crippen LogP contribution < -0.4 is 0 Å². The summed E-state index contributed by atoms with van der Waals surface area (Å²) in [6.45, 7) is 7.61. The van der Waals surface area contributed by atoms with E-state index in [0.29, 0.717) is 26.9 Å². The second-order valence-corrected chi connectivity index (χ2v) is 9.79. The molecule has 1 saturated heterocycles. The molecule has 0 aliphatic carbocycles.